The van der Waals surface area contributed by atoms with Gasteiger partial charge >= 0.3 is 0 Å². The lowest BCUT2D eigenvalue weighted by Crippen LogP contribution is -2.43. The molecule has 3 aromatic rings. The fraction of sp³-hybridized carbons (Fsp3) is 0.240. The molecular formula is C25H25FN2O2. The summed E-state index contributed by atoms with van der Waals surface area (Å²) >= 11 is 0. The van der Waals surface area contributed by atoms with Gasteiger partial charge in [0, 0.05) is 11.4 Å². The highest BCUT2D eigenvalue weighted by Gasteiger charge is 2.33. The number of unbranched alkanes of at least 4 members (excludes halogenated alkanes) is 2. The van der Waals surface area contributed by atoms with Crippen LogP contribution in [0.4, 0.5) is 15.8 Å². The van der Waals surface area contributed by atoms with Crippen LogP contribution >= 0.6 is 0 Å². The first-order chi connectivity index (χ1) is 14.7. The predicted molar refractivity (Wildman–Crippen MR) is 117 cm³/mol. The van der Waals surface area contributed by atoms with Gasteiger partial charge in [0.05, 0.1) is 12.2 Å². The largest absolute Gasteiger partial charge is 0.494 e. The van der Waals surface area contributed by atoms with Crippen molar-refractivity contribution in [1.82, 2.24) is 0 Å². The summed E-state index contributed by atoms with van der Waals surface area (Å²) < 4.78 is 19.3. The summed E-state index contributed by atoms with van der Waals surface area (Å²) in [4.78, 5) is 15.0. The molecule has 0 fully saturated rings. The van der Waals surface area contributed by atoms with Crippen LogP contribution in [0.1, 0.15) is 48.3 Å². The molecule has 3 aromatic carbocycles. The van der Waals surface area contributed by atoms with Gasteiger partial charge in [0.25, 0.3) is 5.91 Å². The molecule has 30 heavy (non-hydrogen) atoms. The molecule has 154 valence electrons. The van der Waals surface area contributed by atoms with Crippen molar-refractivity contribution in [3.05, 3.63) is 89.7 Å². The van der Waals surface area contributed by atoms with E-state index in [9.17, 15) is 9.18 Å². The van der Waals surface area contributed by atoms with E-state index in [-0.39, 0.29) is 11.7 Å². The minimum atomic E-state index is -0.410. The van der Waals surface area contributed by atoms with Crippen LogP contribution in [0.5, 0.6) is 5.75 Å². The first-order valence-corrected chi connectivity index (χ1v) is 10.3. The van der Waals surface area contributed by atoms with Gasteiger partial charge in [0.15, 0.2) is 0 Å². The molecule has 4 rings (SSSR count). The Kier molecular flexibility index (Phi) is 5.98. The lowest BCUT2D eigenvalue weighted by atomic mass is 10.0. The summed E-state index contributed by atoms with van der Waals surface area (Å²) in [6.07, 6.45) is 2.93. The van der Waals surface area contributed by atoms with Crippen molar-refractivity contribution in [2.75, 3.05) is 16.8 Å². The van der Waals surface area contributed by atoms with E-state index in [0.717, 1.165) is 36.3 Å². The summed E-state index contributed by atoms with van der Waals surface area (Å²) in [6.45, 7) is 2.86. The number of fused-ring (bicyclic) bond motifs is 1. The van der Waals surface area contributed by atoms with Gasteiger partial charge in [-0.05, 0) is 60.5 Å². The molecule has 0 unspecified atom stereocenters. The number of nitrogens with zero attached hydrogens (tertiary/aromatic N) is 1. The van der Waals surface area contributed by atoms with Crippen LogP contribution in [0.15, 0.2) is 72.8 Å². The topological polar surface area (TPSA) is 41.6 Å². The van der Waals surface area contributed by atoms with Crippen molar-refractivity contribution in [1.29, 1.82) is 0 Å². The predicted octanol–water partition coefficient (Wildman–Crippen LogP) is 6.17. The molecule has 1 amide bonds. The van der Waals surface area contributed by atoms with Crippen molar-refractivity contribution in [3.8, 4) is 5.75 Å². The van der Waals surface area contributed by atoms with E-state index in [1.165, 1.54) is 12.1 Å². The van der Waals surface area contributed by atoms with Crippen LogP contribution < -0.4 is 15.0 Å². The zero-order valence-corrected chi connectivity index (χ0v) is 17.0. The number of para-hydroxylation sites is 1. The Morgan fingerprint density at radius 3 is 2.43 bits per heavy atom. The molecule has 1 aliphatic rings. The van der Waals surface area contributed by atoms with E-state index in [4.69, 9.17) is 4.74 Å². The third kappa shape index (κ3) is 4.15. The summed E-state index contributed by atoms with van der Waals surface area (Å²) in [5, 5.41) is 3.46. The average molecular weight is 404 g/mol. The number of halogens is 1. The molecule has 1 aliphatic heterocycles. The van der Waals surface area contributed by atoms with Crippen molar-refractivity contribution >= 4 is 17.3 Å². The molecule has 0 bridgehead atoms. The third-order valence-electron chi connectivity index (χ3n) is 5.24. The molecular weight excluding hydrogens is 379 g/mol. The lowest BCUT2D eigenvalue weighted by Gasteiger charge is -2.38. The fourth-order valence-electron chi connectivity index (χ4n) is 3.64. The monoisotopic (exact) mass is 404 g/mol. The lowest BCUT2D eigenvalue weighted by molar-refractivity contribution is 0.0975. The maximum Gasteiger partial charge on any atom is 0.262 e. The summed E-state index contributed by atoms with van der Waals surface area (Å²) in [5.41, 5.74) is 2.93. The van der Waals surface area contributed by atoms with Crippen molar-refractivity contribution < 1.29 is 13.9 Å². The zero-order valence-electron chi connectivity index (χ0n) is 17.0. The zero-order chi connectivity index (χ0) is 20.9. The van der Waals surface area contributed by atoms with Gasteiger partial charge in [-0.2, -0.15) is 0 Å². The number of rotatable bonds is 7. The third-order valence-corrected chi connectivity index (χ3v) is 5.24. The van der Waals surface area contributed by atoms with E-state index in [1.54, 1.807) is 23.1 Å². The minimum absolute atomic E-state index is 0.124. The van der Waals surface area contributed by atoms with Gasteiger partial charge in [0.2, 0.25) is 0 Å². The molecule has 1 atom stereocenters. The molecule has 5 heteroatoms. The van der Waals surface area contributed by atoms with Gasteiger partial charge in [0.1, 0.15) is 17.7 Å². The molecule has 0 radical (unpaired) electrons. The normalized spacial score (nSPS) is 15.5. The van der Waals surface area contributed by atoms with Gasteiger partial charge in [-0.1, -0.05) is 44.0 Å². The average Bonchev–Trinajstić information content (AvgIpc) is 2.78. The van der Waals surface area contributed by atoms with Crippen molar-refractivity contribution in [2.24, 2.45) is 0 Å². The highest BCUT2D eigenvalue weighted by atomic mass is 19.1. The number of carbonyl (C=O) groups excluding carboxylic acids is 1. The Hall–Kier alpha value is -3.34. The Morgan fingerprint density at radius 2 is 1.70 bits per heavy atom. The van der Waals surface area contributed by atoms with Gasteiger partial charge in [-0.25, -0.2) is 4.39 Å². The maximum absolute atomic E-state index is 13.5. The second-order valence-electron chi connectivity index (χ2n) is 7.37. The molecule has 0 spiro atoms. The van der Waals surface area contributed by atoms with Crippen LogP contribution in [-0.4, -0.2) is 12.5 Å². The number of carbonyl (C=O) groups is 1. The highest BCUT2D eigenvalue weighted by molar-refractivity contribution is 6.12. The quantitative estimate of drug-likeness (QED) is 0.479. The standard InChI is InChI=1S/C25H25FN2O2/c1-2-3-6-17-30-21-15-9-18(10-16-21)24-27-23-8-5-4-7-22(23)25(29)28(24)20-13-11-19(26)12-14-20/h4-5,7-16,24,27H,2-3,6,17H2,1H3/t24-/m1/s1. The van der Waals surface area contributed by atoms with Gasteiger partial charge < -0.3 is 10.1 Å². The summed E-state index contributed by atoms with van der Waals surface area (Å²) in [6, 6.07) is 21.2. The summed E-state index contributed by atoms with van der Waals surface area (Å²) in [7, 11) is 0. The van der Waals surface area contributed by atoms with Crippen molar-refractivity contribution in [2.45, 2.75) is 32.4 Å². The Morgan fingerprint density at radius 1 is 0.967 bits per heavy atom. The Bertz CT molecular complexity index is 1000. The van der Waals surface area contributed by atoms with Crippen LogP contribution in [0, 0.1) is 5.82 Å². The second-order valence-corrected chi connectivity index (χ2v) is 7.37. The fourth-order valence-corrected chi connectivity index (χ4v) is 3.64. The van der Waals surface area contributed by atoms with E-state index in [0.29, 0.717) is 17.9 Å². The highest BCUT2D eigenvalue weighted by Crippen LogP contribution is 2.37. The number of benzene rings is 3. The molecule has 0 aromatic heterocycles. The maximum atomic E-state index is 13.5. The molecule has 1 N–H and O–H groups in total. The molecule has 0 aliphatic carbocycles. The van der Waals surface area contributed by atoms with E-state index in [2.05, 4.69) is 12.2 Å². The van der Waals surface area contributed by atoms with Gasteiger partial charge in [-0.3, -0.25) is 9.69 Å². The smallest absolute Gasteiger partial charge is 0.262 e. The van der Waals surface area contributed by atoms with Crippen LogP contribution in [-0.2, 0) is 0 Å². The first-order valence-electron chi connectivity index (χ1n) is 10.3. The first kappa shape index (κ1) is 20.0. The Balaban J connectivity index is 1.64. The number of nitrogens with one attached hydrogen (secondary N) is 1. The van der Waals surface area contributed by atoms with Crippen LogP contribution in [0.2, 0.25) is 0 Å². The molecule has 4 nitrogen and oxygen atoms in total. The SMILES string of the molecule is CCCCCOc1ccc([C@@H]2Nc3ccccc3C(=O)N2c2ccc(F)cc2)cc1. The number of hydrogen-bond donors (Lipinski definition) is 1. The van der Waals surface area contributed by atoms with E-state index < -0.39 is 6.17 Å². The molecule has 0 saturated carbocycles. The molecule has 1 heterocycles. The van der Waals surface area contributed by atoms with Crippen molar-refractivity contribution in [3.63, 3.8) is 0 Å². The Labute approximate surface area is 176 Å². The van der Waals surface area contributed by atoms with E-state index >= 15 is 0 Å². The number of hydrogen-bond acceptors (Lipinski definition) is 3. The minimum Gasteiger partial charge on any atom is -0.494 e. The summed E-state index contributed by atoms with van der Waals surface area (Å²) in [5.74, 6) is 0.351. The number of amides is 1. The number of ether oxygens (including phenoxy) is 1. The van der Waals surface area contributed by atoms with Crippen LogP contribution in [0.3, 0.4) is 0 Å². The van der Waals surface area contributed by atoms with Crippen LogP contribution in [0.25, 0.3) is 0 Å². The molecule has 0 saturated heterocycles. The van der Waals surface area contributed by atoms with E-state index in [1.807, 2.05) is 42.5 Å². The number of anilines is 2. The second kappa shape index (κ2) is 8.99. The van der Waals surface area contributed by atoms with Gasteiger partial charge in [-0.15, -0.1) is 0 Å².